The lowest BCUT2D eigenvalue weighted by atomic mass is 10.1. The first-order chi connectivity index (χ1) is 9.15. The van der Waals surface area contributed by atoms with Gasteiger partial charge in [-0.05, 0) is 31.2 Å². The van der Waals surface area contributed by atoms with Crippen LogP contribution in [0.2, 0.25) is 0 Å². The van der Waals surface area contributed by atoms with Crippen LogP contribution in [0, 0.1) is 6.92 Å². The minimum Gasteiger partial charge on any atom is -0.507 e. The van der Waals surface area contributed by atoms with E-state index in [1.165, 1.54) is 0 Å². The normalized spacial score (nSPS) is 15.4. The minimum absolute atomic E-state index is 0.124. The van der Waals surface area contributed by atoms with Gasteiger partial charge in [-0.1, -0.05) is 29.8 Å². The maximum absolute atomic E-state index is 12.2. The molecule has 0 saturated carbocycles. The number of Topliss-reactive ketones (excluding diaryl/α,β-unsaturated/α-hetero) is 1. The fraction of sp³-hybridized carbons (Fsp3) is 0.0625. The van der Waals surface area contributed by atoms with Crippen molar-refractivity contribution in [1.82, 2.24) is 0 Å². The standard InChI is InChI=1S/C16H12O3/c1-10-6-7-14-12(8-10)16(18)15(19-14)9-11-4-2-3-5-13(11)17/h2-9,17H,1H3/b15-9-. The van der Waals surface area contributed by atoms with Gasteiger partial charge in [0.15, 0.2) is 5.76 Å². The van der Waals surface area contributed by atoms with Crippen molar-refractivity contribution in [2.75, 3.05) is 0 Å². The van der Waals surface area contributed by atoms with E-state index in [0.29, 0.717) is 16.9 Å². The molecule has 3 nitrogen and oxygen atoms in total. The highest BCUT2D eigenvalue weighted by molar-refractivity contribution is 6.14. The van der Waals surface area contributed by atoms with Crippen molar-refractivity contribution in [3.8, 4) is 11.5 Å². The number of phenolic OH excluding ortho intramolecular Hbond substituents is 1. The molecular formula is C16H12O3. The highest BCUT2D eigenvalue weighted by Crippen LogP contribution is 2.33. The Morgan fingerprint density at radius 3 is 2.74 bits per heavy atom. The quantitative estimate of drug-likeness (QED) is 0.792. The first-order valence-electron chi connectivity index (χ1n) is 5.98. The van der Waals surface area contributed by atoms with Crippen molar-refractivity contribution < 1.29 is 14.6 Å². The SMILES string of the molecule is Cc1ccc2c(c1)C(=O)/C(=C/c1ccccc1O)O2. The van der Waals surface area contributed by atoms with Gasteiger partial charge >= 0.3 is 0 Å². The second kappa shape index (κ2) is 4.28. The first kappa shape index (κ1) is 11.5. The van der Waals surface area contributed by atoms with Gasteiger partial charge in [-0.2, -0.15) is 0 Å². The number of para-hydroxylation sites is 1. The first-order valence-corrected chi connectivity index (χ1v) is 5.98. The molecule has 94 valence electrons. The number of hydrogen-bond donors (Lipinski definition) is 1. The van der Waals surface area contributed by atoms with Crippen LogP contribution in [-0.2, 0) is 0 Å². The summed E-state index contributed by atoms with van der Waals surface area (Å²) in [5.41, 5.74) is 2.15. The zero-order valence-electron chi connectivity index (χ0n) is 10.4. The number of allylic oxidation sites excluding steroid dienone is 1. The predicted molar refractivity (Wildman–Crippen MR) is 72.2 cm³/mol. The summed E-state index contributed by atoms with van der Waals surface area (Å²) >= 11 is 0. The number of aromatic hydroxyl groups is 1. The van der Waals surface area contributed by atoms with Gasteiger partial charge in [0.2, 0.25) is 5.78 Å². The van der Waals surface area contributed by atoms with E-state index >= 15 is 0 Å². The second-order valence-corrected chi connectivity index (χ2v) is 4.50. The van der Waals surface area contributed by atoms with E-state index in [4.69, 9.17) is 4.74 Å². The van der Waals surface area contributed by atoms with E-state index in [1.54, 1.807) is 36.4 Å². The zero-order valence-corrected chi connectivity index (χ0v) is 10.4. The summed E-state index contributed by atoms with van der Waals surface area (Å²) in [4.78, 5) is 12.2. The molecule has 0 amide bonds. The second-order valence-electron chi connectivity index (χ2n) is 4.50. The van der Waals surface area contributed by atoms with Gasteiger partial charge < -0.3 is 9.84 Å². The Morgan fingerprint density at radius 1 is 1.16 bits per heavy atom. The Kier molecular flexibility index (Phi) is 2.60. The number of benzene rings is 2. The topological polar surface area (TPSA) is 46.5 Å². The molecule has 0 fully saturated rings. The van der Waals surface area contributed by atoms with Crippen molar-refractivity contribution in [3.63, 3.8) is 0 Å². The van der Waals surface area contributed by atoms with Crippen LogP contribution in [0.15, 0.2) is 48.2 Å². The van der Waals surface area contributed by atoms with Gasteiger partial charge in [0.1, 0.15) is 11.5 Å². The van der Waals surface area contributed by atoms with E-state index in [1.807, 2.05) is 19.1 Å². The Balaban J connectivity index is 2.03. The minimum atomic E-state index is -0.151. The molecule has 0 atom stereocenters. The molecule has 19 heavy (non-hydrogen) atoms. The molecule has 1 aliphatic rings. The molecule has 3 heteroatoms. The summed E-state index contributed by atoms with van der Waals surface area (Å²) in [7, 11) is 0. The Bertz CT molecular complexity index is 699. The van der Waals surface area contributed by atoms with Crippen molar-refractivity contribution in [2.24, 2.45) is 0 Å². The van der Waals surface area contributed by atoms with E-state index in [9.17, 15) is 9.90 Å². The summed E-state index contributed by atoms with van der Waals surface area (Å²) in [5.74, 6) is 0.778. The molecule has 2 aromatic rings. The number of carbonyl (C=O) groups excluding carboxylic acids is 1. The average Bonchev–Trinajstić information content (AvgIpc) is 2.70. The third-order valence-electron chi connectivity index (χ3n) is 3.05. The molecule has 1 aliphatic heterocycles. The van der Waals surface area contributed by atoms with Crippen LogP contribution in [0.3, 0.4) is 0 Å². The van der Waals surface area contributed by atoms with E-state index < -0.39 is 0 Å². The fourth-order valence-electron chi connectivity index (χ4n) is 2.05. The molecule has 2 aromatic carbocycles. The zero-order chi connectivity index (χ0) is 13.4. The number of aryl methyl sites for hydroxylation is 1. The molecule has 0 saturated heterocycles. The smallest absolute Gasteiger partial charge is 0.231 e. The van der Waals surface area contributed by atoms with Gasteiger partial charge in [-0.25, -0.2) is 0 Å². The van der Waals surface area contributed by atoms with Gasteiger partial charge in [-0.3, -0.25) is 4.79 Å². The van der Waals surface area contributed by atoms with Crippen LogP contribution in [0.4, 0.5) is 0 Å². The third kappa shape index (κ3) is 1.99. The largest absolute Gasteiger partial charge is 0.507 e. The lowest BCUT2D eigenvalue weighted by Crippen LogP contribution is -1.98. The van der Waals surface area contributed by atoms with Crippen LogP contribution < -0.4 is 4.74 Å². The fourth-order valence-corrected chi connectivity index (χ4v) is 2.05. The predicted octanol–water partition coefficient (Wildman–Crippen LogP) is 3.32. The molecular weight excluding hydrogens is 240 g/mol. The Labute approximate surface area is 110 Å². The summed E-state index contributed by atoms with van der Waals surface area (Å²) < 4.78 is 5.53. The third-order valence-corrected chi connectivity index (χ3v) is 3.05. The Hall–Kier alpha value is -2.55. The van der Waals surface area contributed by atoms with Crippen molar-refractivity contribution >= 4 is 11.9 Å². The number of ketones is 1. The molecule has 1 N–H and O–H groups in total. The van der Waals surface area contributed by atoms with Crippen LogP contribution >= 0.6 is 0 Å². The van der Waals surface area contributed by atoms with Crippen LogP contribution in [0.25, 0.3) is 6.08 Å². The number of rotatable bonds is 1. The molecule has 1 heterocycles. The molecule has 0 aromatic heterocycles. The number of carbonyl (C=O) groups is 1. The average molecular weight is 252 g/mol. The number of fused-ring (bicyclic) bond motifs is 1. The monoisotopic (exact) mass is 252 g/mol. The summed E-state index contributed by atoms with van der Waals surface area (Å²) in [5, 5.41) is 9.71. The summed E-state index contributed by atoms with van der Waals surface area (Å²) in [6.45, 7) is 1.93. The highest BCUT2D eigenvalue weighted by Gasteiger charge is 2.27. The molecule has 0 aliphatic carbocycles. The number of hydrogen-bond acceptors (Lipinski definition) is 3. The Morgan fingerprint density at radius 2 is 1.95 bits per heavy atom. The van der Waals surface area contributed by atoms with Crippen molar-refractivity contribution in [2.45, 2.75) is 6.92 Å². The highest BCUT2D eigenvalue weighted by atomic mass is 16.5. The molecule has 0 unspecified atom stereocenters. The summed E-state index contributed by atoms with van der Waals surface area (Å²) in [6.07, 6.45) is 1.56. The number of phenols is 1. The maximum atomic E-state index is 12.2. The van der Waals surface area contributed by atoms with Gasteiger partial charge in [0.25, 0.3) is 0 Å². The van der Waals surface area contributed by atoms with E-state index in [0.717, 1.165) is 5.56 Å². The van der Waals surface area contributed by atoms with Gasteiger partial charge in [0.05, 0.1) is 5.56 Å². The lowest BCUT2D eigenvalue weighted by Gasteiger charge is -2.00. The van der Waals surface area contributed by atoms with Crippen LogP contribution in [0.5, 0.6) is 11.5 Å². The van der Waals surface area contributed by atoms with Gasteiger partial charge in [0, 0.05) is 5.56 Å². The van der Waals surface area contributed by atoms with Crippen molar-refractivity contribution in [3.05, 3.63) is 64.9 Å². The summed E-state index contributed by atoms with van der Waals surface area (Å²) in [6, 6.07) is 12.3. The van der Waals surface area contributed by atoms with Crippen LogP contribution in [0.1, 0.15) is 21.5 Å². The van der Waals surface area contributed by atoms with E-state index in [-0.39, 0.29) is 17.3 Å². The number of ether oxygens (including phenoxy) is 1. The molecule has 0 bridgehead atoms. The molecule has 0 spiro atoms. The lowest BCUT2D eigenvalue weighted by molar-refractivity contribution is 0.101. The maximum Gasteiger partial charge on any atom is 0.231 e. The van der Waals surface area contributed by atoms with Crippen LogP contribution in [-0.4, -0.2) is 10.9 Å². The molecule has 3 rings (SSSR count). The van der Waals surface area contributed by atoms with E-state index in [2.05, 4.69) is 0 Å². The van der Waals surface area contributed by atoms with Gasteiger partial charge in [-0.15, -0.1) is 0 Å². The molecule has 0 radical (unpaired) electrons. The van der Waals surface area contributed by atoms with Crippen molar-refractivity contribution in [1.29, 1.82) is 0 Å².